The van der Waals surface area contributed by atoms with Crippen molar-refractivity contribution < 1.29 is 13.9 Å². The van der Waals surface area contributed by atoms with Gasteiger partial charge in [-0.15, -0.1) is 11.6 Å². The highest BCUT2D eigenvalue weighted by molar-refractivity contribution is 6.22. The van der Waals surface area contributed by atoms with E-state index in [0.717, 1.165) is 16.8 Å². The minimum Gasteiger partial charge on any atom is -0.442 e. The van der Waals surface area contributed by atoms with Gasteiger partial charge in [0.15, 0.2) is 0 Å². The van der Waals surface area contributed by atoms with Crippen LogP contribution in [0.3, 0.4) is 0 Å². The van der Waals surface area contributed by atoms with Crippen LogP contribution in [0.25, 0.3) is 11.1 Å². The van der Waals surface area contributed by atoms with Gasteiger partial charge in [-0.05, 0) is 36.2 Å². The number of nitrogens with one attached hydrogen (secondary N) is 4. The van der Waals surface area contributed by atoms with Crippen LogP contribution in [-0.2, 0) is 11.3 Å². The fourth-order valence-corrected chi connectivity index (χ4v) is 3.74. The Balaban J connectivity index is 1.60. The first kappa shape index (κ1) is 26.4. The van der Waals surface area contributed by atoms with E-state index in [4.69, 9.17) is 16.3 Å². The van der Waals surface area contributed by atoms with Crippen LogP contribution in [0, 0.1) is 5.82 Å². The summed E-state index contributed by atoms with van der Waals surface area (Å²) >= 11 is 5.98. The van der Waals surface area contributed by atoms with Crippen molar-refractivity contribution >= 4 is 23.4 Å². The van der Waals surface area contributed by atoms with Gasteiger partial charge in [0.1, 0.15) is 11.9 Å². The third-order valence-electron chi connectivity index (χ3n) is 5.72. The summed E-state index contributed by atoms with van der Waals surface area (Å²) in [6, 6.07) is 12.5. The van der Waals surface area contributed by atoms with Gasteiger partial charge in [-0.1, -0.05) is 30.8 Å². The molecule has 1 fully saturated rings. The Hall–Kier alpha value is -3.23. The number of anilines is 1. The lowest BCUT2D eigenvalue weighted by molar-refractivity contribution is 0.141. The molecule has 0 aliphatic carbocycles. The second-order valence-electron chi connectivity index (χ2n) is 8.31. The molecule has 1 saturated heterocycles. The molecule has 1 amide bonds. The number of hydrogen-bond acceptors (Lipinski definition) is 6. The number of carbonyl (C=O) groups is 1. The maximum atomic E-state index is 15.0. The quantitative estimate of drug-likeness (QED) is 0.330. The Morgan fingerprint density at radius 1 is 1.29 bits per heavy atom. The highest BCUT2D eigenvalue weighted by atomic mass is 35.5. The number of likely N-dealkylation sites (N-methyl/N-ethyl adjacent to an activating group) is 1. The van der Waals surface area contributed by atoms with Crippen molar-refractivity contribution in [1.82, 2.24) is 21.3 Å². The summed E-state index contributed by atoms with van der Waals surface area (Å²) in [6.45, 7) is 7.74. The minimum absolute atomic E-state index is 0.234. The number of rotatable bonds is 12. The number of ether oxygens (including phenoxy) is 1. The maximum Gasteiger partial charge on any atom is 0.414 e. The van der Waals surface area contributed by atoms with E-state index >= 15 is 4.39 Å². The van der Waals surface area contributed by atoms with Crippen LogP contribution in [0.2, 0.25) is 0 Å². The molecule has 35 heavy (non-hydrogen) atoms. The van der Waals surface area contributed by atoms with Crippen molar-refractivity contribution in [1.29, 1.82) is 0 Å². The zero-order valence-corrected chi connectivity index (χ0v) is 21.1. The van der Waals surface area contributed by atoms with Crippen LogP contribution in [0.15, 0.2) is 66.6 Å². The average molecular weight is 502 g/mol. The van der Waals surface area contributed by atoms with Gasteiger partial charge in [-0.2, -0.15) is 0 Å². The molecule has 0 radical (unpaired) electrons. The number of allylic oxidation sites excluding steroid dienone is 1. The van der Waals surface area contributed by atoms with E-state index in [1.165, 1.54) is 11.0 Å². The van der Waals surface area contributed by atoms with Crippen molar-refractivity contribution in [3.8, 4) is 11.1 Å². The van der Waals surface area contributed by atoms with Crippen LogP contribution < -0.4 is 26.2 Å². The van der Waals surface area contributed by atoms with Gasteiger partial charge in [0.25, 0.3) is 0 Å². The highest BCUT2D eigenvalue weighted by Crippen LogP contribution is 2.29. The van der Waals surface area contributed by atoms with Gasteiger partial charge >= 0.3 is 6.09 Å². The maximum absolute atomic E-state index is 15.0. The Kier molecular flexibility index (Phi) is 9.39. The van der Waals surface area contributed by atoms with Crippen molar-refractivity contribution in [2.24, 2.45) is 0 Å². The van der Waals surface area contributed by atoms with Crippen molar-refractivity contribution in [3.63, 3.8) is 0 Å². The van der Waals surface area contributed by atoms with Gasteiger partial charge in [0.2, 0.25) is 0 Å². The van der Waals surface area contributed by atoms with Crippen LogP contribution >= 0.6 is 11.6 Å². The number of nitrogens with zero attached hydrogens (tertiary/aromatic N) is 1. The highest BCUT2D eigenvalue weighted by Gasteiger charge is 2.32. The summed E-state index contributed by atoms with van der Waals surface area (Å²) in [5.41, 5.74) is 4.50. The van der Waals surface area contributed by atoms with Crippen molar-refractivity contribution in [2.45, 2.75) is 24.9 Å². The standard InChI is InChI=1S/C26H33ClFN5O2/c1-17(27)18(2)32-15-23-16-33(26(34)35-23)22-9-10-24(25(28)11-22)20-7-5-19(6-8-20)12-31-14-21(30-4)13-29-3/h5-11,13,17,23,29-32H,2,12,14-16H2,1,3-4H3/b21-13-. The van der Waals surface area contributed by atoms with Gasteiger partial charge < -0.3 is 26.0 Å². The Bertz CT molecular complexity index is 1060. The first-order valence-electron chi connectivity index (χ1n) is 11.5. The molecule has 2 unspecified atom stereocenters. The lowest BCUT2D eigenvalue weighted by atomic mass is 10.0. The average Bonchev–Trinajstić information content (AvgIpc) is 3.22. The number of halogens is 2. The minimum atomic E-state index is -0.503. The second kappa shape index (κ2) is 12.5. The zero-order valence-electron chi connectivity index (χ0n) is 20.3. The molecular formula is C26H33ClFN5O2. The Labute approximate surface area is 211 Å². The molecule has 0 spiro atoms. The second-order valence-corrected chi connectivity index (χ2v) is 8.97. The van der Waals surface area contributed by atoms with Gasteiger partial charge in [-0.25, -0.2) is 9.18 Å². The molecule has 1 aliphatic rings. The summed E-state index contributed by atoms with van der Waals surface area (Å²) in [5.74, 6) is -0.400. The van der Waals surface area contributed by atoms with Crippen molar-refractivity contribution in [2.75, 3.05) is 38.6 Å². The number of hydrogen-bond donors (Lipinski definition) is 4. The SMILES string of the molecule is C=C(NCC1CN(c2ccc(-c3ccc(CNC/C(=C/NC)NC)cc3)c(F)c2)C(=O)O1)C(C)Cl. The third-order valence-corrected chi connectivity index (χ3v) is 5.99. The first-order chi connectivity index (χ1) is 16.8. The van der Waals surface area contributed by atoms with Crippen LogP contribution in [0.5, 0.6) is 0 Å². The molecular weight excluding hydrogens is 469 g/mol. The fraction of sp³-hybridized carbons (Fsp3) is 0.346. The molecule has 1 aliphatic heterocycles. The van der Waals surface area contributed by atoms with Gasteiger partial charge in [-0.3, -0.25) is 4.90 Å². The zero-order chi connectivity index (χ0) is 25.4. The van der Waals surface area contributed by atoms with Crippen molar-refractivity contribution in [3.05, 3.63) is 78.0 Å². The van der Waals surface area contributed by atoms with Gasteiger partial charge in [0, 0.05) is 50.3 Å². The van der Waals surface area contributed by atoms with E-state index in [9.17, 15) is 4.79 Å². The summed E-state index contributed by atoms with van der Waals surface area (Å²) in [4.78, 5) is 13.8. The van der Waals surface area contributed by atoms with E-state index in [0.29, 0.717) is 43.1 Å². The summed E-state index contributed by atoms with van der Waals surface area (Å²) in [7, 11) is 3.73. The number of carbonyl (C=O) groups excluding carboxylic acids is 1. The van der Waals surface area contributed by atoms with E-state index in [-0.39, 0.29) is 11.5 Å². The van der Waals surface area contributed by atoms with Crippen LogP contribution in [0.1, 0.15) is 12.5 Å². The molecule has 0 aromatic heterocycles. The molecule has 3 rings (SSSR count). The number of cyclic esters (lactones) is 1. The predicted molar refractivity (Wildman–Crippen MR) is 140 cm³/mol. The summed E-state index contributed by atoms with van der Waals surface area (Å²) < 4.78 is 20.4. The smallest absolute Gasteiger partial charge is 0.414 e. The fourth-order valence-electron chi connectivity index (χ4n) is 3.66. The Morgan fingerprint density at radius 2 is 2.03 bits per heavy atom. The normalized spacial score (nSPS) is 16.6. The molecule has 2 aromatic carbocycles. The van der Waals surface area contributed by atoms with Crippen LogP contribution in [0.4, 0.5) is 14.9 Å². The molecule has 188 valence electrons. The number of alkyl halides is 1. The molecule has 1 heterocycles. The molecule has 2 atom stereocenters. The number of benzene rings is 2. The lowest BCUT2D eigenvalue weighted by Crippen LogP contribution is -2.31. The molecule has 0 saturated carbocycles. The van der Waals surface area contributed by atoms with E-state index in [1.54, 1.807) is 12.1 Å². The predicted octanol–water partition coefficient (Wildman–Crippen LogP) is 3.92. The topological polar surface area (TPSA) is 77.7 Å². The lowest BCUT2D eigenvalue weighted by Gasteiger charge is -2.16. The number of amides is 1. The summed E-state index contributed by atoms with van der Waals surface area (Å²) in [6.07, 6.45) is 1.02. The third kappa shape index (κ3) is 7.13. The first-order valence-corrected chi connectivity index (χ1v) is 11.9. The van der Waals surface area contributed by atoms with E-state index in [1.807, 2.05) is 51.5 Å². The summed E-state index contributed by atoms with van der Waals surface area (Å²) in [5, 5.41) is 12.3. The monoisotopic (exact) mass is 501 g/mol. The molecule has 2 aromatic rings. The van der Waals surface area contributed by atoms with Crippen LogP contribution in [-0.4, -0.2) is 51.3 Å². The molecule has 4 N–H and O–H groups in total. The Morgan fingerprint density at radius 3 is 2.66 bits per heavy atom. The largest absolute Gasteiger partial charge is 0.442 e. The molecule has 0 bridgehead atoms. The van der Waals surface area contributed by atoms with Gasteiger partial charge in [0.05, 0.1) is 24.2 Å². The van der Waals surface area contributed by atoms with E-state index < -0.39 is 11.9 Å². The molecule has 7 nitrogen and oxygen atoms in total. The molecule has 9 heteroatoms. The van der Waals surface area contributed by atoms with E-state index in [2.05, 4.69) is 27.8 Å².